The van der Waals surface area contributed by atoms with Gasteiger partial charge in [-0.2, -0.15) is 0 Å². The standard InChI is InChI=1S/C20H28N4O2.2ClH/c21-9-12-24-17-8-11-23(13-15(17)6-7-18(24)25)20(26)16-5-1-3-14-4-2-10-22-19(14)16;;/h1,3,5,15,17,22H,2,4,6-13,21H2;2*1H/t15-,17+;;/m0../s1. The zero-order valence-electron chi connectivity index (χ0n) is 16.1. The van der Waals surface area contributed by atoms with Crippen LogP contribution in [-0.4, -0.2) is 60.4 Å². The van der Waals surface area contributed by atoms with E-state index in [-0.39, 0.29) is 42.7 Å². The third-order valence-corrected chi connectivity index (χ3v) is 6.11. The molecule has 0 saturated carbocycles. The highest BCUT2D eigenvalue weighted by molar-refractivity contribution is 6.00. The molecule has 0 radical (unpaired) electrons. The zero-order chi connectivity index (χ0) is 18.1. The SMILES string of the molecule is Cl.Cl.NCCN1C(=O)CC[C@H]2CN(C(=O)c3cccc4c3NCCC4)CC[C@H]21. The number of aryl methyl sites for hydroxylation is 1. The number of piperidine rings is 2. The Bertz CT molecular complexity index is 715. The summed E-state index contributed by atoms with van der Waals surface area (Å²) < 4.78 is 0. The second-order valence-corrected chi connectivity index (χ2v) is 7.65. The molecule has 8 heteroatoms. The molecule has 3 aliphatic heterocycles. The van der Waals surface area contributed by atoms with E-state index in [0.717, 1.165) is 50.0 Å². The van der Waals surface area contributed by atoms with E-state index in [9.17, 15) is 9.59 Å². The van der Waals surface area contributed by atoms with E-state index in [1.807, 2.05) is 21.9 Å². The molecule has 2 amide bonds. The van der Waals surface area contributed by atoms with Gasteiger partial charge in [0.25, 0.3) is 5.91 Å². The van der Waals surface area contributed by atoms with Gasteiger partial charge in [0.05, 0.1) is 11.3 Å². The van der Waals surface area contributed by atoms with Crippen molar-refractivity contribution < 1.29 is 9.59 Å². The van der Waals surface area contributed by atoms with Crippen LogP contribution in [0, 0.1) is 5.92 Å². The van der Waals surface area contributed by atoms with Gasteiger partial charge in [0.15, 0.2) is 0 Å². The summed E-state index contributed by atoms with van der Waals surface area (Å²) in [6.07, 6.45) is 4.45. The summed E-state index contributed by atoms with van der Waals surface area (Å²) in [4.78, 5) is 29.4. The first-order chi connectivity index (χ1) is 12.7. The van der Waals surface area contributed by atoms with Gasteiger partial charge in [0.2, 0.25) is 5.91 Å². The van der Waals surface area contributed by atoms with Crippen LogP contribution in [0.4, 0.5) is 5.69 Å². The van der Waals surface area contributed by atoms with Crippen LogP contribution in [-0.2, 0) is 11.2 Å². The molecular formula is C20H30Cl2N4O2. The van der Waals surface area contributed by atoms with Gasteiger partial charge in [-0.05, 0) is 43.2 Å². The van der Waals surface area contributed by atoms with E-state index < -0.39 is 0 Å². The second-order valence-electron chi connectivity index (χ2n) is 7.65. The normalized spacial score (nSPS) is 23.5. The molecule has 0 aromatic heterocycles. The fourth-order valence-electron chi connectivity index (χ4n) is 4.82. The number of hydrogen-bond acceptors (Lipinski definition) is 4. The fraction of sp³-hybridized carbons (Fsp3) is 0.600. The van der Waals surface area contributed by atoms with Gasteiger partial charge >= 0.3 is 0 Å². The first kappa shape index (κ1) is 22.8. The smallest absolute Gasteiger partial charge is 0.255 e. The van der Waals surface area contributed by atoms with Crippen LogP contribution in [0.3, 0.4) is 0 Å². The lowest BCUT2D eigenvalue weighted by atomic mass is 9.83. The van der Waals surface area contributed by atoms with Gasteiger partial charge in [-0.25, -0.2) is 0 Å². The van der Waals surface area contributed by atoms with E-state index in [0.29, 0.717) is 32.0 Å². The van der Waals surface area contributed by atoms with Crippen LogP contribution in [0.15, 0.2) is 18.2 Å². The lowest BCUT2D eigenvalue weighted by Gasteiger charge is -2.47. The maximum atomic E-state index is 13.2. The van der Waals surface area contributed by atoms with Crippen molar-refractivity contribution in [3.8, 4) is 0 Å². The van der Waals surface area contributed by atoms with E-state index in [4.69, 9.17) is 5.73 Å². The topological polar surface area (TPSA) is 78.7 Å². The molecular weight excluding hydrogens is 399 g/mol. The average Bonchev–Trinajstić information content (AvgIpc) is 2.69. The summed E-state index contributed by atoms with van der Waals surface area (Å²) in [5.74, 6) is 0.708. The van der Waals surface area contributed by atoms with Gasteiger partial charge in [0, 0.05) is 45.2 Å². The van der Waals surface area contributed by atoms with Gasteiger partial charge in [-0.15, -0.1) is 24.8 Å². The Labute approximate surface area is 179 Å². The molecule has 28 heavy (non-hydrogen) atoms. The summed E-state index contributed by atoms with van der Waals surface area (Å²) in [7, 11) is 0. The molecule has 0 unspecified atom stereocenters. The number of carbonyl (C=O) groups excluding carboxylic acids is 2. The van der Waals surface area contributed by atoms with Crippen molar-refractivity contribution in [3.05, 3.63) is 29.3 Å². The molecule has 3 N–H and O–H groups in total. The second kappa shape index (κ2) is 9.81. The number of nitrogens with one attached hydrogen (secondary N) is 1. The van der Waals surface area contributed by atoms with Gasteiger partial charge in [-0.3, -0.25) is 9.59 Å². The maximum absolute atomic E-state index is 13.2. The third kappa shape index (κ3) is 4.24. The molecule has 2 atom stereocenters. The van der Waals surface area contributed by atoms with Crippen LogP contribution in [0.5, 0.6) is 0 Å². The number of halogens is 2. The molecule has 0 aliphatic carbocycles. The van der Waals surface area contributed by atoms with Crippen molar-refractivity contribution in [2.45, 2.75) is 38.1 Å². The third-order valence-electron chi connectivity index (χ3n) is 6.11. The van der Waals surface area contributed by atoms with E-state index in [2.05, 4.69) is 11.4 Å². The van der Waals surface area contributed by atoms with Crippen LogP contribution in [0.25, 0.3) is 0 Å². The predicted molar refractivity (Wildman–Crippen MR) is 116 cm³/mol. The zero-order valence-corrected chi connectivity index (χ0v) is 17.7. The van der Waals surface area contributed by atoms with Crippen LogP contribution < -0.4 is 11.1 Å². The number of benzene rings is 1. The van der Waals surface area contributed by atoms with Gasteiger partial charge < -0.3 is 20.9 Å². The van der Waals surface area contributed by atoms with Crippen LogP contribution in [0.1, 0.15) is 41.6 Å². The highest BCUT2D eigenvalue weighted by Crippen LogP contribution is 2.33. The quantitative estimate of drug-likeness (QED) is 0.773. The molecule has 1 aromatic carbocycles. The van der Waals surface area contributed by atoms with Gasteiger partial charge in [-0.1, -0.05) is 12.1 Å². The Hall–Kier alpha value is -1.50. The molecule has 0 spiro atoms. The molecule has 2 saturated heterocycles. The highest BCUT2D eigenvalue weighted by Gasteiger charge is 2.40. The van der Waals surface area contributed by atoms with Crippen LogP contribution in [0.2, 0.25) is 0 Å². The number of likely N-dealkylation sites (tertiary alicyclic amines) is 2. The average molecular weight is 429 g/mol. The van der Waals surface area contributed by atoms with Crippen molar-refractivity contribution in [2.75, 3.05) is 38.0 Å². The van der Waals surface area contributed by atoms with E-state index >= 15 is 0 Å². The summed E-state index contributed by atoms with van der Waals surface area (Å²) in [6, 6.07) is 6.29. The molecule has 1 aromatic rings. The molecule has 6 nitrogen and oxygen atoms in total. The Morgan fingerprint density at radius 3 is 2.82 bits per heavy atom. The lowest BCUT2D eigenvalue weighted by molar-refractivity contribution is -0.140. The number of carbonyl (C=O) groups is 2. The predicted octanol–water partition coefficient (Wildman–Crippen LogP) is 2.30. The molecule has 0 bridgehead atoms. The summed E-state index contributed by atoms with van der Waals surface area (Å²) in [5, 5.41) is 3.42. The largest absolute Gasteiger partial charge is 0.384 e. The Morgan fingerprint density at radius 2 is 2.04 bits per heavy atom. The van der Waals surface area contributed by atoms with Crippen molar-refractivity contribution in [2.24, 2.45) is 11.7 Å². The number of fused-ring (bicyclic) bond motifs is 2. The number of hydrogen-bond donors (Lipinski definition) is 2. The van der Waals surface area contributed by atoms with Crippen molar-refractivity contribution in [1.82, 2.24) is 9.80 Å². The minimum Gasteiger partial charge on any atom is -0.384 e. The molecule has 156 valence electrons. The number of amides is 2. The molecule has 3 heterocycles. The Balaban J connectivity index is 0.00000140. The number of nitrogens with zero attached hydrogens (tertiary/aromatic N) is 2. The lowest BCUT2D eigenvalue weighted by Crippen LogP contribution is -2.57. The fourth-order valence-corrected chi connectivity index (χ4v) is 4.82. The van der Waals surface area contributed by atoms with Crippen molar-refractivity contribution in [3.63, 3.8) is 0 Å². The van der Waals surface area contributed by atoms with Crippen molar-refractivity contribution >= 4 is 42.3 Å². The number of nitrogens with two attached hydrogens (primary N) is 1. The monoisotopic (exact) mass is 428 g/mol. The summed E-state index contributed by atoms with van der Waals surface area (Å²) >= 11 is 0. The minimum atomic E-state index is 0. The van der Waals surface area contributed by atoms with Crippen molar-refractivity contribution in [1.29, 1.82) is 0 Å². The molecule has 2 fully saturated rings. The first-order valence-electron chi connectivity index (χ1n) is 9.83. The minimum absolute atomic E-state index is 0. The maximum Gasteiger partial charge on any atom is 0.255 e. The first-order valence-corrected chi connectivity index (χ1v) is 9.83. The Morgan fingerprint density at radius 1 is 1.21 bits per heavy atom. The number of rotatable bonds is 3. The van der Waals surface area contributed by atoms with E-state index in [1.165, 1.54) is 5.56 Å². The van der Waals surface area contributed by atoms with Gasteiger partial charge in [0.1, 0.15) is 0 Å². The summed E-state index contributed by atoms with van der Waals surface area (Å²) in [5.41, 5.74) is 8.76. The molecule has 3 aliphatic rings. The summed E-state index contributed by atoms with van der Waals surface area (Å²) in [6.45, 7) is 3.50. The van der Waals surface area contributed by atoms with E-state index in [1.54, 1.807) is 0 Å². The molecule has 4 rings (SSSR count). The highest BCUT2D eigenvalue weighted by atomic mass is 35.5. The number of para-hydroxylation sites is 1. The number of anilines is 1. The Kier molecular flexibility index (Phi) is 7.98. The van der Waals surface area contributed by atoms with Crippen LogP contribution >= 0.6 is 24.8 Å².